The average Bonchev–Trinajstić information content (AvgIpc) is 2.30. The van der Waals surface area contributed by atoms with E-state index in [1.165, 1.54) is 6.07 Å². The van der Waals surface area contributed by atoms with Gasteiger partial charge in [0, 0.05) is 24.4 Å². The van der Waals surface area contributed by atoms with Crippen LogP contribution in [0, 0.1) is 5.82 Å². The molecule has 0 aliphatic heterocycles. The molecular weight excluding hydrogens is 265 g/mol. The van der Waals surface area contributed by atoms with Crippen molar-refractivity contribution in [3.05, 3.63) is 34.6 Å². The van der Waals surface area contributed by atoms with Crippen LogP contribution >= 0.6 is 11.6 Å². The lowest BCUT2D eigenvalue weighted by molar-refractivity contribution is 0.583. The molecule has 0 saturated carbocycles. The van der Waals surface area contributed by atoms with Crippen LogP contribution in [0.1, 0.15) is 12.5 Å². The van der Waals surface area contributed by atoms with Gasteiger partial charge in [0.15, 0.2) is 9.84 Å². The van der Waals surface area contributed by atoms with Crippen LogP contribution in [-0.2, 0) is 16.4 Å². The topological polar surface area (TPSA) is 46.2 Å². The van der Waals surface area contributed by atoms with Crippen molar-refractivity contribution in [1.82, 2.24) is 5.32 Å². The van der Waals surface area contributed by atoms with E-state index >= 15 is 0 Å². The lowest BCUT2D eigenvalue weighted by Gasteiger charge is -2.06. The van der Waals surface area contributed by atoms with Crippen molar-refractivity contribution >= 4 is 21.4 Å². The zero-order chi connectivity index (χ0) is 12.9. The summed E-state index contributed by atoms with van der Waals surface area (Å²) in [6, 6.07) is 4.75. The molecule has 1 rings (SSSR count). The summed E-state index contributed by atoms with van der Waals surface area (Å²) in [7, 11) is -2.97. The number of benzene rings is 1. The highest BCUT2D eigenvalue weighted by atomic mass is 35.5. The highest BCUT2D eigenvalue weighted by Gasteiger charge is 2.08. The fourth-order valence-corrected chi connectivity index (χ4v) is 2.22. The Morgan fingerprint density at radius 1 is 1.41 bits per heavy atom. The molecule has 17 heavy (non-hydrogen) atoms. The Labute approximate surface area is 106 Å². The molecule has 6 heteroatoms. The Morgan fingerprint density at radius 3 is 2.76 bits per heavy atom. The van der Waals surface area contributed by atoms with Crippen molar-refractivity contribution in [3.8, 4) is 0 Å². The summed E-state index contributed by atoms with van der Waals surface area (Å²) < 4.78 is 35.8. The highest BCUT2D eigenvalue weighted by molar-refractivity contribution is 7.91. The van der Waals surface area contributed by atoms with Gasteiger partial charge < -0.3 is 5.32 Å². The van der Waals surface area contributed by atoms with Crippen molar-refractivity contribution in [2.24, 2.45) is 0 Å². The molecule has 0 aliphatic rings. The van der Waals surface area contributed by atoms with Gasteiger partial charge in [-0.15, -0.1) is 0 Å². The predicted molar refractivity (Wildman–Crippen MR) is 67.4 cm³/mol. The van der Waals surface area contributed by atoms with Gasteiger partial charge >= 0.3 is 0 Å². The summed E-state index contributed by atoms with van der Waals surface area (Å²) in [6.45, 7) is 2.18. The summed E-state index contributed by atoms with van der Waals surface area (Å²) in [5.74, 6) is -0.272. The number of rotatable bonds is 6. The summed E-state index contributed by atoms with van der Waals surface area (Å²) in [5, 5.41) is 2.96. The quantitative estimate of drug-likeness (QED) is 0.810. The first-order valence-electron chi connectivity index (χ1n) is 5.30. The number of halogens is 2. The first-order valence-corrected chi connectivity index (χ1v) is 7.50. The molecule has 0 unspecified atom stereocenters. The Kier molecular flexibility index (Phi) is 5.36. The van der Waals surface area contributed by atoms with Gasteiger partial charge in [0.1, 0.15) is 5.82 Å². The minimum absolute atomic E-state index is 0.0612. The zero-order valence-corrected chi connectivity index (χ0v) is 11.1. The van der Waals surface area contributed by atoms with E-state index in [4.69, 9.17) is 11.6 Å². The molecule has 0 radical (unpaired) electrons. The van der Waals surface area contributed by atoms with Gasteiger partial charge in [0.25, 0.3) is 0 Å². The lowest BCUT2D eigenvalue weighted by atomic mass is 10.2. The maximum Gasteiger partial charge on any atom is 0.151 e. The second-order valence-electron chi connectivity index (χ2n) is 3.63. The fourth-order valence-electron chi connectivity index (χ4n) is 1.28. The van der Waals surface area contributed by atoms with Gasteiger partial charge in [-0.05, 0) is 6.07 Å². The number of sulfone groups is 1. The third-order valence-electron chi connectivity index (χ3n) is 2.38. The Hall–Kier alpha value is -0.650. The van der Waals surface area contributed by atoms with Gasteiger partial charge in [-0.3, -0.25) is 0 Å². The van der Waals surface area contributed by atoms with Crippen LogP contribution in [0.25, 0.3) is 0 Å². The van der Waals surface area contributed by atoms with Crippen molar-refractivity contribution in [2.75, 3.05) is 18.1 Å². The molecule has 0 spiro atoms. The number of hydrogen-bond donors (Lipinski definition) is 1. The summed E-state index contributed by atoms with van der Waals surface area (Å²) in [5.41, 5.74) is 0.436. The minimum Gasteiger partial charge on any atom is -0.312 e. The molecule has 96 valence electrons. The Morgan fingerprint density at radius 2 is 2.12 bits per heavy atom. The van der Waals surface area contributed by atoms with Crippen molar-refractivity contribution < 1.29 is 12.8 Å². The van der Waals surface area contributed by atoms with Crippen molar-refractivity contribution in [1.29, 1.82) is 0 Å². The molecule has 0 heterocycles. The molecule has 3 nitrogen and oxygen atoms in total. The van der Waals surface area contributed by atoms with E-state index in [1.54, 1.807) is 19.1 Å². The van der Waals surface area contributed by atoms with E-state index in [1.807, 2.05) is 0 Å². The Bertz CT molecular complexity index is 476. The predicted octanol–water partition coefficient (Wildman–Crippen LogP) is 2.00. The first kappa shape index (κ1) is 14.4. The molecule has 0 saturated heterocycles. The maximum atomic E-state index is 13.4. The van der Waals surface area contributed by atoms with E-state index in [-0.39, 0.29) is 23.1 Å². The largest absolute Gasteiger partial charge is 0.312 e. The van der Waals surface area contributed by atoms with E-state index in [0.717, 1.165) is 0 Å². The molecule has 1 aromatic carbocycles. The molecule has 1 aromatic rings. The average molecular weight is 280 g/mol. The van der Waals surface area contributed by atoms with E-state index in [2.05, 4.69) is 5.32 Å². The van der Waals surface area contributed by atoms with Crippen LogP contribution in [0.5, 0.6) is 0 Å². The second-order valence-corrected chi connectivity index (χ2v) is 6.51. The van der Waals surface area contributed by atoms with E-state index < -0.39 is 15.7 Å². The second kappa shape index (κ2) is 6.33. The molecule has 0 aliphatic carbocycles. The van der Waals surface area contributed by atoms with Crippen LogP contribution in [0.15, 0.2) is 18.2 Å². The maximum absolute atomic E-state index is 13.4. The van der Waals surface area contributed by atoms with Gasteiger partial charge in [-0.1, -0.05) is 30.7 Å². The third kappa shape index (κ3) is 4.61. The molecule has 1 N–H and O–H groups in total. The van der Waals surface area contributed by atoms with Crippen LogP contribution in [0.2, 0.25) is 5.02 Å². The monoisotopic (exact) mass is 279 g/mol. The van der Waals surface area contributed by atoms with Crippen LogP contribution in [-0.4, -0.2) is 26.5 Å². The van der Waals surface area contributed by atoms with Crippen LogP contribution < -0.4 is 5.32 Å². The van der Waals surface area contributed by atoms with E-state index in [0.29, 0.717) is 12.1 Å². The standard InChI is InChI=1S/C11H15ClFNO2S/c1-2-17(15,16)7-6-14-8-9-4-3-5-10(12)11(9)13/h3-5,14H,2,6-8H2,1H3. The Balaban J connectivity index is 2.44. The van der Waals surface area contributed by atoms with Crippen LogP contribution in [0.3, 0.4) is 0 Å². The van der Waals surface area contributed by atoms with Crippen molar-refractivity contribution in [2.45, 2.75) is 13.5 Å². The van der Waals surface area contributed by atoms with Gasteiger partial charge in [0.2, 0.25) is 0 Å². The molecule has 0 amide bonds. The van der Waals surface area contributed by atoms with E-state index in [9.17, 15) is 12.8 Å². The lowest BCUT2D eigenvalue weighted by Crippen LogP contribution is -2.23. The van der Waals surface area contributed by atoms with Crippen molar-refractivity contribution in [3.63, 3.8) is 0 Å². The molecule has 0 fully saturated rings. The fraction of sp³-hybridized carbons (Fsp3) is 0.455. The zero-order valence-electron chi connectivity index (χ0n) is 9.54. The normalized spacial score (nSPS) is 11.7. The van der Waals surface area contributed by atoms with Gasteiger partial charge in [-0.2, -0.15) is 0 Å². The van der Waals surface area contributed by atoms with Gasteiger partial charge in [-0.25, -0.2) is 12.8 Å². The number of nitrogens with one attached hydrogen (secondary N) is 1. The minimum atomic E-state index is -2.97. The highest BCUT2D eigenvalue weighted by Crippen LogP contribution is 2.17. The summed E-state index contributed by atoms with van der Waals surface area (Å²) in [6.07, 6.45) is 0. The smallest absolute Gasteiger partial charge is 0.151 e. The molecule has 0 bridgehead atoms. The first-order chi connectivity index (χ1) is 7.96. The number of hydrogen-bond acceptors (Lipinski definition) is 3. The van der Waals surface area contributed by atoms with Crippen LogP contribution in [0.4, 0.5) is 4.39 Å². The van der Waals surface area contributed by atoms with Gasteiger partial charge in [0.05, 0.1) is 10.8 Å². The summed E-state index contributed by atoms with van der Waals surface area (Å²) in [4.78, 5) is 0. The molecule has 0 atom stereocenters. The molecular formula is C11H15ClFNO2S. The third-order valence-corrected chi connectivity index (χ3v) is 4.37. The SMILES string of the molecule is CCS(=O)(=O)CCNCc1cccc(Cl)c1F. The molecule has 0 aromatic heterocycles. The summed E-state index contributed by atoms with van der Waals surface area (Å²) >= 11 is 5.62.